The summed E-state index contributed by atoms with van der Waals surface area (Å²) in [6.07, 6.45) is 3.85. The maximum Gasteiger partial charge on any atom is 0.246 e. The van der Waals surface area contributed by atoms with Crippen molar-refractivity contribution in [1.82, 2.24) is 4.90 Å². The van der Waals surface area contributed by atoms with Gasteiger partial charge in [-0.15, -0.1) is 0 Å². The molecule has 1 heterocycles. The number of nitrogens with zero attached hydrogens (tertiary/aromatic N) is 1. The monoisotopic (exact) mass is 194 g/mol. The van der Waals surface area contributed by atoms with Gasteiger partial charge in [0.2, 0.25) is 5.91 Å². The van der Waals surface area contributed by atoms with Crippen LogP contribution >= 0.6 is 0 Å². The molecule has 0 spiro atoms. The number of rotatable bonds is 1. The Morgan fingerprint density at radius 2 is 2.36 bits per heavy atom. The first-order valence-corrected chi connectivity index (χ1v) is 4.84. The largest absolute Gasteiger partial charge is 0.376 e. The van der Waals surface area contributed by atoms with Crippen LogP contribution in [0, 0.1) is 5.92 Å². The topological polar surface area (TPSA) is 63.4 Å². The third-order valence-electron chi connectivity index (χ3n) is 3.20. The van der Waals surface area contributed by atoms with E-state index in [1.165, 1.54) is 0 Å². The van der Waals surface area contributed by atoms with E-state index in [0.717, 1.165) is 6.42 Å². The quantitative estimate of drug-likeness (QED) is 0.641. The van der Waals surface area contributed by atoms with Gasteiger partial charge in [0, 0.05) is 37.2 Å². The SMILES string of the molecule is CN1C=C(C(N)=O)CC2C(=O)CCC21. The van der Waals surface area contributed by atoms with E-state index in [-0.39, 0.29) is 17.7 Å². The molecule has 1 amide bonds. The Kier molecular flexibility index (Phi) is 2.06. The molecule has 1 aliphatic heterocycles. The van der Waals surface area contributed by atoms with Crippen LogP contribution in [0.15, 0.2) is 11.8 Å². The van der Waals surface area contributed by atoms with Crippen molar-refractivity contribution in [2.24, 2.45) is 11.7 Å². The number of nitrogens with two attached hydrogens (primary N) is 1. The molecule has 1 aliphatic carbocycles. The molecule has 0 radical (unpaired) electrons. The second kappa shape index (κ2) is 3.12. The Balaban J connectivity index is 2.26. The molecule has 2 aliphatic rings. The van der Waals surface area contributed by atoms with Crippen molar-refractivity contribution in [3.8, 4) is 0 Å². The summed E-state index contributed by atoms with van der Waals surface area (Å²) in [6, 6.07) is 0.283. The summed E-state index contributed by atoms with van der Waals surface area (Å²) in [5, 5.41) is 0. The van der Waals surface area contributed by atoms with E-state index < -0.39 is 5.91 Å². The highest BCUT2D eigenvalue weighted by atomic mass is 16.1. The van der Waals surface area contributed by atoms with Gasteiger partial charge in [0.25, 0.3) is 0 Å². The van der Waals surface area contributed by atoms with Gasteiger partial charge in [-0.2, -0.15) is 0 Å². The average Bonchev–Trinajstić information content (AvgIpc) is 2.48. The highest BCUT2D eigenvalue weighted by Gasteiger charge is 2.40. The zero-order chi connectivity index (χ0) is 10.3. The number of hydrogen-bond acceptors (Lipinski definition) is 3. The van der Waals surface area contributed by atoms with Gasteiger partial charge in [-0.25, -0.2) is 0 Å². The number of fused-ring (bicyclic) bond motifs is 1. The molecular weight excluding hydrogens is 180 g/mol. The minimum Gasteiger partial charge on any atom is -0.376 e. The highest BCUT2D eigenvalue weighted by molar-refractivity contribution is 5.94. The van der Waals surface area contributed by atoms with Crippen LogP contribution in [0.5, 0.6) is 0 Å². The fourth-order valence-electron chi connectivity index (χ4n) is 2.42. The average molecular weight is 194 g/mol. The minimum atomic E-state index is -0.407. The number of primary amides is 1. The van der Waals surface area contributed by atoms with Crippen LogP contribution in [0.1, 0.15) is 19.3 Å². The van der Waals surface area contributed by atoms with E-state index in [2.05, 4.69) is 0 Å². The van der Waals surface area contributed by atoms with Crippen LogP contribution in [0.2, 0.25) is 0 Å². The van der Waals surface area contributed by atoms with Crippen LogP contribution in [0.4, 0.5) is 0 Å². The summed E-state index contributed by atoms with van der Waals surface area (Å²) in [6.45, 7) is 0. The number of carbonyl (C=O) groups is 2. The summed E-state index contributed by atoms with van der Waals surface area (Å²) in [7, 11) is 1.90. The molecule has 2 atom stereocenters. The van der Waals surface area contributed by atoms with Crippen LogP contribution in [-0.4, -0.2) is 29.7 Å². The molecule has 0 aromatic carbocycles. The summed E-state index contributed by atoms with van der Waals surface area (Å²) in [5.74, 6) is -0.142. The van der Waals surface area contributed by atoms with E-state index in [0.29, 0.717) is 18.4 Å². The maximum atomic E-state index is 11.5. The smallest absolute Gasteiger partial charge is 0.246 e. The minimum absolute atomic E-state index is 0.00694. The van der Waals surface area contributed by atoms with Crippen LogP contribution in [0.3, 0.4) is 0 Å². The van der Waals surface area contributed by atoms with Gasteiger partial charge in [0.15, 0.2) is 0 Å². The van der Waals surface area contributed by atoms with Crippen molar-refractivity contribution in [3.63, 3.8) is 0 Å². The number of amides is 1. The van der Waals surface area contributed by atoms with Crippen molar-refractivity contribution >= 4 is 11.7 Å². The van der Waals surface area contributed by atoms with Crippen LogP contribution in [0.25, 0.3) is 0 Å². The van der Waals surface area contributed by atoms with Gasteiger partial charge in [-0.05, 0) is 12.8 Å². The van der Waals surface area contributed by atoms with Crippen LogP contribution in [-0.2, 0) is 9.59 Å². The molecule has 2 unspecified atom stereocenters. The summed E-state index contributed by atoms with van der Waals surface area (Å²) in [4.78, 5) is 24.5. The Morgan fingerprint density at radius 3 is 3.00 bits per heavy atom. The molecule has 1 saturated carbocycles. The van der Waals surface area contributed by atoms with Gasteiger partial charge >= 0.3 is 0 Å². The fraction of sp³-hybridized carbons (Fsp3) is 0.600. The van der Waals surface area contributed by atoms with Gasteiger partial charge in [-0.1, -0.05) is 0 Å². The van der Waals surface area contributed by atoms with Crippen molar-refractivity contribution in [2.45, 2.75) is 25.3 Å². The lowest BCUT2D eigenvalue weighted by Gasteiger charge is -2.32. The molecule has 14 heavy (non-hydrogen) atoms. The van der Waals surface area contributed by atoms with E-state index >= 15 is 0 Å². The van der Waals surface area contributed by atoms with Gasteiger partial charge in [0.05, 0.1) is 0 Å². The Morgan fingerprint density at radius 1 is 1.64 bits per heavy atom. The van der Waals surface area contributed by atoms with E-state index in [4.69, 9.17) is 5.73 Å². The molecule has 0 aromatic heterocycles. The highest BCUT2D eigenvalue weighted by Crippen LogP contribution is 2.34. The molecule has 4 nitrogen and oxygen atoms in total. The Labute approximate surface area is 82.7 Å². The van der Waals surface area contributed by atoms with Crippen molar-refractivity contribution in [3.05, 3.63) is 11.8 Å². The van der Waals surface area contributed by atoms with Gasteiger partial charge in [-0.3, -0.25) is 9.59 Å². The summed E-state index contributed by atoms with van der Waals surface area (Å²) >= 11 is 0. The second-order valence-corrected chi connectivity index (χ2v) is 4.07. The third-order valence-corrected chi connectivity index (χ3v) is 3.20. The third kappa shape index (κ3) is 1.31. The Bertz CT molecular complexity index is 322. The zero-order valence-electron chi connectivity index (χ0n) is 8.19. The number of Topliss-reactive ketones (excluding diaryl/α,β-unsaturated/α-hetero) is 1. The predicted molar refractivity (Wildman–Crippen MR) is 51.2 cm³/mol. The van der Waals surface area contributed by atoms with Gasteiger partial charge < -0.3 is 10.6 Å². The fourth-order valence-corrected chi connectivity index (χ4v) is 2.42. The van der Waals surface area contributed by atoms with Gasteiger partial charge in [0.1, 0.15) is 5.78 Å². The van der Waals surface area contributed by atoms with Crippen LogP contribution < -0.4 is 5.73 Å². The standard InChI is InChI=1S/C10H14N2O2/c1-12-5-6(10(11)14)4-7-8(12)2-3-9(7)13/h5,7-8H,2-4H2,1H3,(H2,11,14). The summed E-state index contributed by atoms with van der Waals surface area (Å²) < 4.78 is 0. The number of carbonyl (C=O) groups excluding carboxylic acids is 2. The molecular formula is C10H14N2O2. The second-order valence-electron chi connectivity index (χ2n) is 4.07. The first-order chi connectivity index (χ1) is 6.59. The first kappa shape index (κ1) is 9.24. The molecule has 0 bridgehead atoms. The lowest BCUT2D eigenvalue weighted by atomic mass is 9.90. The molecule has 2 rings (SSSR count). The Hall–Kier alpha value is -1.32. The molecule has 76 valence electrons. The van der Waals surface area contributed by atoms with Crippen molar-refractivity contribution in [2.75, 3.05) is 7.05 Å². The van der Waals surface area contributed by atoms with E-state index in [9.17, 15) is 9.59 Å². The molecule has 4 heteroatoms. The number of ketones is 1. The number of hydrogen-bond donors (Lipinski definition) is 1. The molecule has 0 aromatic rings. The van der Waals surface area contributed by atoms with E-state index in [1.807, 2.05) is 11.9 Å². The summed E-state index contributed by atoms with van der Waals surface area (Å²) in [5.41, 5.74) is 5.79. The molecule has 2 N–H and O–H groups in total. The maximum absolute atomic E-state index is 11.5. The lowest BCUT2D eigenvalue weighted by Crippen LogP contribution is -2.38. The lowest BCUT2D eigenvalue weighted by molar-refractivity contribution is -0.121. The molecule has 0 saturated heterocycles. The molecule has 1 fully saturated rings. The van der Waals surface area contributed by atoms with Crippen molar-refractivity contribution < 1.29 is 9.59 Å². The zero-order valence-corrected chi connectivity index (χ0v) is 8.19. The predicted octanol–water partition coefficient (Wildman–Crippen LogP) is 0.0388. The first-order valence-electron chi connectivity index (χ1n) is 4.84. The normalized spacial score (nSPS) is 31.4. The van der Waals surface area contributed by atoms with Crippen molar-refractivity contribution in [1.29, 1.82) is 0 Å². The van der Waals surface area contributed by atoms with E-state index in [1.54, 1.807) is 6.20 Å².